The number of hydrogen-bond donors (Lipinski definition) is 0. The minimum absolute atomic E-state index is 0.0660. The van der Waals surface area contributed by atoms with Gasteiger partial charge < -0.3 is 0 Å². The van der Waals surface area contributed by atoms with Crippen LogP contribution in [0.2, 0.25) is 4.94 Å². The summed E-state index contributed by atoms with van der Waals surface area (Å²) >= 11 is -7.69. The molecule has 0 aromatic heterocycles. The maximum atomic E-state index is 14.7. The van der Waals surface area contributed by atoms with E-state index in [0.717, 1.165) is 0 Å². The molecule has 0 N–H and O–H groups in total. The van der Waals surface area contributed by atoms with E-state index in [1.807, 2.05) is 0 Å². The molecule has 188 valence electrons. The molecule has 0 aliphatic rings. The van der Waals surface area contributed by atoms with Crippen molar-refractivity contribution < 1.29 is 65.9 Å². The first-order chi connectivity index (χ1) is 16.0. The molecule has 3 aromatic carbocycles. The molecule has 3 rings (SSSR count). The van der Waals surface area contributed by atoms with Gasteiger partial charge in [0.25, 0.3) is 0 Å². The normalized spacial score (nSPS) is 12.0. The number of rotatable bonds is 3. The molecule has 0 fully saturated rings. The summed E-state index contributed by atoms with van der Waals surface area (Å²) in [6, 6.07) is 0. The van der Waals surface area contributed by atoms with Gasteiger partial charge >= 0.3 is 187 Å². The molecule has 0 bridgehead atoms. The summed E-state index contributed by atoms with van der Waals surface area (Å²) in [4.78, 5) is -0.0660. The molecule has 0 aliphatic heterocycles. The van der Waals surface area contributed by atoms with Crippen LogP contribution in [-0.4, -0.2) is 18.4 Å². The predicted molar refractivity (Wildman–Crippen MR) is 89.2 cm³/mol. The molecule has 35 heavy (non-hydrogen) atoms. The van der Waals surface area contributed by atoms with E-state index in [9.17, 15) is 65.9 Å². The average molecular weight is 635 g/mol. The quantitative estimate of drug-likeness (QED) is 0.167. The molecule has 0 saturated heterocycles. The SMILES string of the molecule is [CH3][Sn]([c]1c(F)c(F)c(F)c(F)c1F)([c]1c(F)c(F)c(F)c(F)c1F)[c]1c(F)c(F)c(F)c(F)c1F. The first kappa shape index (κ1) is 27.0. The van der Waals surface area contributed by atoms with E-state index in [-0.39, 0.29) is 4.94 Å². The topological polar surface area (TPSA) is 0 Å². The summed E-state index contributed by atoms with van der Waals surface area (Å²) in [5.74, 6) is -44.4. The first-order valence-electron chi connectivity index (χ1n) is 8.58. The Balaban J connectivity index is 2.78. The van der Waals surface area contributed by atoms with Crippen LogP contribution in [0.25, 0.3) is 0 Å². The summed E-state index contributed by atoms with van der Waals surface area (Å²) in [5, 5.41) is 0. The van der Waals surface area contributed by atoms with E-state index in [1.165, 1.54) is 0 Å². The fraction of sp³-hybridized carbons (Fsp3) is 0.0526. The molecule has 0 saturated carbocycles. The molecule has 0 aliphatic carbocycles. The van der Waals surface area contributed by atoms with E-state index in [1.54, 1.807) is 0 Å². The van der Waals surface area contributed by atoms with E-state index >= 15 is 0 Å². The zero-order valence-electron chi connectivity index (χ0n) is 16.2. The Morgan fingerprint density at radius 3 is 0.514 bits per heavy atom. The van der Waals surface area contributed by atoms with Crippen molar-refractivity contribution in [3.8, 4) is 0 Å². The third-order valence-electron chi connectivity index (χ3n) is 5.13. The molecular formula is C19H3F15Sn. The second-order valence-corrected chi connectivity index (χ2v) is 17.7. The van der Waals surface area contributed by atoms with Crippen LogP contribution in [-0.2, 0) is 0 Å². The summed E-state index contributed by atoms with van der Waals surface area (Å²) in [7, 11) is 0. The molecule has 0 amide bonds. The van der Waals surface area contributed by atoms with Crippen molar-refractivity contribution in [3.63, 3.8) is 0 Å². The van der Waals surface area contributed by atoms with Crippen molar-refractivity contribution in [3.05, 3.63) is 87.3 Å². The van der Waals surface area contributed by atoms with Crippen molar-refractivity contribution in [1.29, 1.82) is 0 Å². The van der Waals surface area contributed by atoms with Crippen LogP contribution < -0.4 is 10.7 Å². The van der Waals surface area contributed by atoms with Crippen molar-refractivity contribution >= 4 is 29.1 Å². The van der Waals surface area contributed by atoms with Crippen molar-refractivity contribution in [1.82, 2.24) is 0 Å². The van der Waals surface area contributed by atoms with Crippen LogP contribution in [0, 0.1) is 87.3 Å². The third-order valence-corrected chi connectivity index (χ3v) is 17.5. The van der Waals surface area contributed by atoms with Gasteiger partial charge in [-0.1, -0.05) is 0 Å². The Bertz CT molecular complexity index is 1160. The Labute approximate surface area is 187 Å². The summed E-state index contributed by atoms with van der Waals surface area (Å²) in [6.45, 7) is 0. The monoisotopic (exact) mass is 636 g/mol. The Hall–Kier alpha value is -2.59. The molecule has 0 heterocycles. The zero-order valence-corrected chi connectivity index (χ0v) is 19.0. The number of benzene rings is 3. The molecule has 0 spiro atoms. The Morgan fingerprint density at radius 2 is 0.371 bits per heavy atom. The molecular weight excluding hydrogens is 632 g/mol. The van der Waals surface area contributed by atoms with Crippen LogP contribution in [0.15, 0.2) is 0 Å². The van der Waals surface area contributed by atoms with Crippen LogP contribution in [0.3, 0.4) is 0 Å². The van der Waals surface area contributed by atoms with Gasteiger partial charge in [-0.05, 0) is 0 Å². The fourth-order valence-electron chi connectivity index (χ4n) is 3.51. The van der Waals surface area contributed by atoms with Crippen LogP contribution in [0.4, 0.5) is 65.9 Å². The van der Waals surface area contributed by atoms with Gasteiger partial charge in [-0.2, -0.15) is 0 Å². The molecule has 16 heteroatoms. The van der Waals surface area contributed by atoms with E-state index in [4.69, 9.17) is 0 Å². The number of hydrogen-bond acceptors (Lipinski definition) is 0. The first-order valence-corrected chi connectivity index (χ1v) is 15.7. The zero-order chi connectivity index (χ0) is 26.9. The van der Waals surface area contributed by atoms with Crippen LogP contribution >= 0.6 is 0 Å². The molecule has 0 unspecified atom stereocenters. The van der Waals surface area contributed by atoms with Gasteiger partial charge in [0.15, 0.2) is 0 Å². The van der Waals surface area contributed by atoms with Crippen molar-refractivity contribution in [2.24, 2.45) is 0 Å². The van der Waals surface area contributed by atoms with Crippen LogP contribution in [0.1, 0.15) is 0 Å². The summed E-state index contributed by atoms with van der Waals surface area (Å²) in [5.41, 5.74) is 0. The molecule has 0 nitrogen and oxygen atoms in total. The average Bonchev–Trinajstić information content (AvgIpc) is 2.81. The fourth-order valence-corrected chi connectivity index (χ4v) is 15.0. The Morgan fingerprint density at radius 1 is 0.257 bits per heavy atom. The van der Waals surface area contributed by atoms with Gasteiger partial charge in [0.2, 0.25) is 0 Å². The van der Waals surface area contributed by atoms with Gasteiger partial charge in [0, 0.05) is 0 Å². The summed E-state index contributed by atoms with van der Waals surface area (Å²) < 4.78 is 205. The van der Waals surface area contributed by atoms with Gasteiger partial charge in [-0.25, -0.2) is 0 Å². The van der Waals surface area contributed by atoms with Crippen molar-refractivity contribution in [2.45, 2.75) is 4.94 Å². The van der Waals surface area contributed by atoms with Gasteiger partial charge in [0.1, 0.15) is 0 Å². The second-order valence-electron chi connectivity index (χ2n) is 6.96. The van der Waals surface area contributed by atoms with Gasteiger partial charge in [-0.3, -0.25) is 0 Å². The molecule has 0 radical (unpaired) electrons. The van der Waals surface area contributed by atoms with Crippen LogP contribution in [0.5, 0.6) is 0 Å². The molecule has 3 aromatic rings. The van der Waals surface area contributed by atoms with E-state index in [0.29, 0.717) is 0 Å². The van der Waals surface area contributed by atoms with Gasteiger partial charge in [-0.15, -0.1) is 0 Å². The Kier molecular flexibility index (Phi) is 6.80. The van der Waals surface area contributed by atoms with Crippen molar-refractivity contribution in [2.75, 3.05) is 0 Å². The second kappa shape index (κ2) is 8.81. The van der Waals surface area contributed by atoms with E-state index in [2.05, 4.69) is 0 Å². The van der Waals surface area contributed by atoms with Gasteiger partial charge in [0.05, 0.1) is 0 Å². The summed E-state index contributed by atoms with van der Waals surface area (Å²) in [6.07, 6.45) is 0. The third kappa shape index (κ3) is 3.56. The molecule has 0 atom stereocenters. The predicted octanol–water partition coefficient (Wildman–Crippen LogP) is 4.87. The minimum atomic E-state index is -7.69. The number of halogens is 15. The van der Waals surface area contributed by atoms with E-state index < -0.39 is 116 Å². The maximum absolute atomic E-state index is 14.7. The standard InChI is InChI=1S/3C6F5.CH3.Sn/c3*7-2-1-3(8)5(10)6(11)4(2)9;;/h;;;1H3;.